The summed E-state index contributed by atoms with van der Waals surface area (Å²) in [6.07, 6.45) is 5.25. The first-order valence-electron chi connectivity index (χ1n) is 20.4. The van der Waals surface area contributed by atoms with Crippen LogP contribution in [0.25, 0.3) is 11.0 Å². The van der Waals surface area contributed by atoms with Crippen molar-refractivity contribution in [1.82, 2.24) is 34.1 Å². The summed E-state index contributed by atoms with van der Waals surface area (Å²) in [6, 6.07) is 12.0. The number of imidazole rings is 1. The lowest BCUT2D eigenvalue weighted by molar-refractivity contribution is -0.141. The number of carbonyl (C=O) groups is 5. The number of allylic oxidation sites excluding steroid dienone is 1. The summed E-state index contributed by atoms with van der Waals surface area (Å²) in [5.74, 6) is -2.99. The van der Waals surface area contributed by atoms with Crippen molar-refractivity contribution in [3.63, 3.8) is 0 Å². The van der Waals surface area contributed by atoms with E-state index < -0.39 is 69.3 Å². The highest BCUT2D eigenvalue weighted by Crippen LogP contribution is 2.46. The molecular weight excluding hydrogens is 793 g/mol. The van der Waals surface area contributed by atoms with Crippen LogP contribution in [0.5, 0.6) is 6.01 Å². The molecule has 60 heavy (non-hydrogen) atoms. The Balaban J connectivity index is 1.35. The first kappa shape index (κ1) is 44.1. The van der Waals surface area contributed by atoms with Crippen LogP contribution < -0.4 is 25.4 Å². The van der Waals surface area contributed by atoms with Crippen molar-refractivity contribution >= 4 is 56.7 Å². The Morgan fingerprint density at radius 3 is 2.43 bits per heavy atom. The molecule has 1 aromatic heterocycles. The van der Waals surface area contributed by atoms with Gasteiger partial charge in [-0.05, 0) is 84.6 Å². The lowest BCUT2D eigenvalue weighted by Gasteiger charge is -2.30. The zero-order valence-electron chi connectivity index (χ0n) is 35.2. The molecule has 0 bridgehead atoms. The van der Waals surface area contributed by atoms with E-state index in [0.717, 1.165) is 17.1 Å². The number of amides is 5. The minimum atomic E-state index is -4.20. The van der Waals surface area contributed by atoms with Crippen LogP contribution in [0.1, 0.15) is 96.0 Å². The van der Waals surface area contributed by atoms with E-state index >= 15 is 0 Å². The Morgan fingerprint density at radius 1 is 1.02 bits per heavy atom. The molecule has 2 aromatic carbocycles. The van der Waals surface area contributed by atoms with Crippen LogP contribution in [0.4, 0.5) is 10.5 Å². The van der Waals surface area contributed by atoms with Gasteiger partial charge in [-0.25, -0.2) is 9.52 Å². The molecule has 4 N–H and O–H groups in total. The molecule has 0 spiro atoms. The average molecular weight is 849 g/mol. The first-order chi connectivity index (χ1) is 28.3. The van der Waals surface area contributed by atoms with E-state index in [1.165, 1.54) is 19.0 Å². The van der Waals surface area contributed by atoms with Crippen molar-refractivity contribution in [3.05, 3.63) is 66.2 Å². The van der Waals surface area contributed by atoms with Crippen molar-refractivity contribution in [2.24, 2.45) is 5.92 Å². The average Bonchev–Trinajstić information content (AvgIpc) is 3.49. The van der Waals surface area contributed by atoms with Crippen molar-refractivity contribution in [2.45, 2.75) is 115 Å². The Hall–Kier alpha value is -5.49. The number of nitrogens with zero attached hydrogens (tertiary/aromatic N) is 4. The molecule has 2 aliphatic heterocycles. The number of hydrogen-bond donors (Lipinski definition) is 4. The molecule has 2 fully saturated rings. The fourth-order valence-electron chi connectivity index (χ4n) is 7.64. The zero-order valence-corrected chi connectivity index (χ0v) is 36.0. The molecule has 6 rings (SSSR count). The number of nitrogens with one attached hydrogen (secondary N) is 4. The van der Waals surface area contributed by atoms with Gasteiger partial charge in [0.1, 0.15) is 34.8 Å². The van der Waals surface area contributed by atoms with Gasteiger partial charge in [0, 0.05) is 38.2 Å². The summed E-state index contributed by atoms with van der Waals surface area (Å²) in [5.41, 5.74) is -0.472. The molecule has 3 heterocycles. The minimum absolute atomic E-state index is 0.0341. The van der Waals surface area contributed by atoms with Gasteiger partial charge in [-0.2, -0.15) is 17.7 Å². The van der Waals surface area contributed by atoms with Crippen LogP contribution in [0.3, 0.4) is 0 Å². The van der Waals surface area contributed by atoms with Crippen LogP contribution in [0.15, 0.2) is 60.7 Å². The van der Waals surface area contributed by atoms with E-state index in [0.29, 0.717) is 35.1 Å². The maximum atomic E-state index is 14.6. The third-order valence-corrected chi connectivity index (χ3v) is 12.2. The van der Waals surface area contributed by atoms with Crippen molar-refractivity contribution in [1.29, 1.82) is 0 Å². The number of anilines is 1. The smallest absolute Gasteiger partial charge is 0.408 e. The van der Waals surface area contributed by atoms with Crippen molar-refractivity contribution in [3.8, 4) is 6.01 Å². The monoisotopic (exact) mass is 848 g/mol. The topological polar surface area (TPSA) is 210 Å². The van der Waals surface area contributed by atoms with Gasteiger partial charge >= 0.3 is 16.3 Å². The van der Waals surface area contributed by atoms with E-state index in [1.807, 2.05) is 54.8 Å². The molecule has 1 saturated heterocycles. The molecule has 3 aliphatic rings. The molecule has 3 aromatic rings. The maximum absolute atomic E-state index is 14.6. The summed E-state index contributed by atoms with van der Waals surface area (Å²) in [6.45, 7) is 8.93. The van der Waals surface area contributed by atoms with Crippen LogP contribution in [0.2, 0.25) is 0 Å². The summed E-state index contributed by atoms with van der Waals surface area (Å²) in [4.78, 5) is 75.7. The third kappa shape index (κ3) is 9.92. The fraction of sp³-hybridized carbons (Fsp3) is 0.524. The first-order valence-corrected chi connectivity index (χ1v) is 21.8. The van der Waals surface area contributed by atoms with E-state index in [9.17, 15) is 32.4 Å². The second kappa shape index (κ2) is 17.6. The molecule has 5 atom stereocenters. The standard InChI is InChI=1S/C42H56N8O9S/c1-26(2)50-32-22-16-20-30(35(51)43-28-18-13-11-14-19-28)34(32)45-39(50)58-29-23-33-36(52)46-42(38(54)47-60(56,57)48(6)7)24-27(42)17-12-9-8-10-15-21-31(37(53)49(33)25-29)44-40(55)59-41(3,4)5/h11-14,16-20,22,26-27,29,31,33H,8-10,15,21,23-25H2,1-7H3,(H,43,51)(H,44,55)(H,46,52)(H,47,54)/b17-12-/t27-,29-,31+,33+,42-/m1/s1. The number of hydrogen-bond acceptors (Lipinski definition) is 10. The van der Waals surface area contributed by atoms with E-state index in [1.54, 1.807) is 45.0 Å². The molecular formula is C42H56N8O9S. The Labute approximate surface area is 350 Å². The number of ether oxygens (including phenoxy) is 2. The van der Waals surface area contributed by atoms with Crippen LogP contribution in [-0.2, 0) is 29.3 Å². The fourth-order valence-corrected chi connectivity index (χ4v) is 8.24. The lowest BCUT2D eigenvalue weighted by Crippen LogP contribution is -2.58. The summed E-state index contributed by atoms with van der Waals surface area (Å²) >= 11 is 0. The molecule has 1 saturated carbocycles. The molecule has 0 unspecified atom stereocenters. The van der Waals surface area contributed by atoms with Gasteiger partial charge in [-0.1, -0.05) is 49.3 Å². The number of aromatic nitrogens is 2. The number of benzene rings is 2. The summed E-state index contributed by atoms with van der Waals surface area (Å²) < 4.78 is 42.5. The third-order valence-electron chi connectivity index (χ3n) is 10.8. The lowest BCUT2D eigenvalue weighted by atomic mass is 10.0. The zero-order chi connectivity index (χ0) is 43.6. The van der Waals surface area contributed by atoms with Crippen LogP contribution in [0, 0.1) is 5.92 Å². The number of carbonyl (C=O) groups excluding carboxylic acids is 5. The molecule has 1 aliphatic carbocycles. The Kier molecular flexibility index (Phi) is 12.9. The molecule has 17 nitrogen and oxygen atoms in total. The van der Waals surface area contributed by atoms with E-state index in [4.69, 9.17) is 14.5 Å². The summed E-state index contributed by atoms with van der Waals surface area (Å²) in [5, 5.41) is 8.48. The summed E-state index contributed by atoms with van der Waals surface area (Å²) in [7, 11) is -1.64. The normalized spacial score (nSPS) is 24.4. The number of rotatable bonds is 9. The van der Waals surface area contributed by atoms with Crippen molar-refractivity contribution in [2.75, 3.05) is 26.0 Å². The van der Waals surface area contributed by atoms with Crippen LogP contribution in [-0.4, -0.2) is 107 Å². The highest BCUT2D eigenvalue weighted by molar-refractivity contribution is 7.87. The number of para-hydroxylation sites is 2. The second-order valence-electron chi connectivity index (χ2n) is 17.1. The molecule has 5 amide bonds. The second-order valence-corrected chi connectivity index (χ2v) is 19.0. The van der Waals surface area contributed by atoms with Gasteiger partial charge in [-0.3, -0.25) is 23.7 Å². The largest absolute Gasteiger partial charge is 0.459 e. The van der Waals surface area contributed by atoms with Gasteiger partial charge < -0.3 is 30.3 Å². The number of fused-ring (bicyclic) bond motifs is 3. The number of alkyl carbamates (subject to hydrolysis) is 1. The predicted octanol–water partition coefficient (Wildman–Crippen LogP) is 4.43. The Bertz CT molecular complexity index is 2250. The molecule has 18 heteroatoms. The van der Waals surface area contributed by atoms with Gasteiger partial charge in [-0.15, -0.1) is 0 Å². The van der Waals surface area contributed by atoms with E-state index in [2.05, 4.69) is 20.7 Å². The predicted molar refractivity (Wildman–Crippen MR) is 224 cm³/mol. The highest BCUT2D eigenvalue weighted by atomic mass is 32.2. The van der Waals surface area contributed by atoms with Crippen LogP contribution >= 0.6 is 0 Å². The molecule has 324 valence electrons. The molecule has 0 radical (unpaired) electrons. The van der Waals surface area contributed by atoms with Crippen molar-refractivity contribution < 1.29 is 41.9 Å². The van der Waals surface area contributed by atoms with Gasteiger partial charge in [0.25, 0.3) is 17.8 Å². The van der Waals surface area contributed by atoms with Gasteiger partial charge in [0.15, 0.2) is 0 Å². The minimum Gasteiger partial charge on any atom is -0.459 e. The van der Waals surface area contributed by atoms with Gasteiger partial charge in [0.2, 0.25) is 11.8 Å². The SMILES string of the molecule is CC(C)n1c(O[C@@H]2C[C@H]3C(=O)N[C@]4(C(=O)NS(=O)(=O)N(C)C)C[C@H]4/C=C\CCCCC[C@H](NC(=O)OC(C)(C)C)C(=O)N3C2)nc2c(C(=O)Nc3ccccc3)cccc21. The van der Waals surface area contributed by atoms with E-state index in [-0.39, 0.29) is 43.8 Å². The quantitative estimate of drug-likeness (QED) is 0.223. The Morgan fingerprint density at radius 2 is 1.75 bits per heavy atom. The maximum Gasteiger partial charge on any atom is 0.408 e. The highest BCUT2D eigenvalue weighted by Gasteiger charge is 2.62. The van der Waals surface area contributed by atoms with Gasteiger partial charge in [0.05, 0.1) is 17.6 Å².